The lowest BCUT2D eigenvalue weighted by Gasteiger charge is -2.40. The molecule has 2 heterocycles. The molecule has 0 atom stereocenters. The highest BCUT2D eigenvalue weighted by Crippen LogP contribution is 2.27. The van der Waals surface area contributed by atoms with E-state index in [4.69, 9.17) is 4.74 Å². The van der Waals surface area contributed by atoms with Gasteiger partial charge in [0.15, 0.2) is 5.82 Å². The molecule has 0 spiro atoms. The number of aryl methyl sites for hydroxylation is 1. The molecule has 1 fully saturated rings. The summed E-state index contributed by atoms with van der Waals surface area (Å²) in [5, 5.41) is 12.7. The van der Waals surface area contributed by atoms with Crippen LogP contribution in [0.2, 0.25) is 0 Å². The third kappa shape index (κ3) is 3.04. The predicted molar refractivity (Wildman–Crippen MR) is 81.0 cm³/mol. The van der Waals surface area contributed by atoms with Gasteiger partial charge in [-0.3, -0.25) is 0 Å². The maximum Gasteiger partial charge on any atom is 0.159 e. The molecule has 2 aromatic rings. The zero-order valence-electron chi connectivity index (χ0n) is 12.0. The number of aliphatic hydroxyl groups is 1. The van der Waals surface area contributed by atoms with E-state index in [-0.39, 0.29) is 12.0 Å². The third-order valence-electron chi connectivity index (χ3n) is 3.76. The van der Waals surface area contributed by atoms with Crippen LogP contribution in [0.1, 0.15) is 5.69 Å². The van der Waals surface area contributed by atoms with Gasteiger partial charge in [0, 0.05) is 29.7 Å². The molecule has 0 saturated carbocycles. The number of rotatable bonds is 5. The minimum absolute atomic E-state index is 0.127. The second-order valence-corrected chi connectivity index (χ2v) is 5.60. The van der Waals surface area contributed by atoms with Gasteiger partial charge in [0.25, 0.3) is 0 Å². The van der Waals surface area contributed by atoms with Crippen LogP contribution in [0.5, 0.6) is 0 Å². The highest BCUT2D eigenvalue weighted by atomic mass is 16.5. The number of hydrogen-bond donors (Lipinski definition) is 2. The lowest BCUT2D eigenvalue weighted by molar-refractivity contribution is -0.128. The Labute approximate surface area is 124 Å². The van der Waals surface area contributed by atoms with Gasteiger partial charge in [0.2, 0.25) is 0 Å². The Hall–Kier alpha value is -1.98. The fourth-order valence-corrected chi connectivity index (χ4v) is 2.25. The summed E-state index contributed by atoms with van der Waals surface area (Å²) in [6.07, 6.45) is 1.77. The molecule has 0 unspecified atom stereocenters. The van der Waals surface area contributed by atoms with Gasteiger partial charge in [-0.15, -0.1) is 0 Å². The number of anilines is 1. The van der Waals surface area contributed by atoms with E-state index in [1.165, 1.54) is 0 Å². The van der Waals surface area contributed by atoms with E-state index in [0.29, 0.717) is 19.8 Å². The van der Waals surface area contributed by atoms with Crippen LogP contribution in [-0.2, 0) is 4.74 Å². The zero-order valence-corrected chi connectivity index (χ0v) is 12.0. The smallest absolute Gasteiger partial charge is 0.159 e. The number of aliphatic hydroxyl groups excluding tert-OH is 1. The molecule has 21 heavy (non-hydrogen) atoms. The molecule has 1 aromatic carbocycles. The summed E-state index contributed by atoms with van der Waals surface area (Å²) >= 11 is 0. The molecule has 2 N–H and O–H groups in total. The van der Waals surface area contributed by atoms with Gasteiger partial charge >= 0.3 is 0 Å². The van der Waals surface area contributed by atoms with Crippen LogP contribution >= 0.6 is 0 Å². The second kappa shape index (κ2) is 5.79. The Kier molecular flexibility index (Phi) is 3.86. The topological polar surface area (TPSA) is 67.3 Å². The van der Waals surface area contributed by atoms with Crippen LogP contribution in [0, 0.1) is 12.3 Å². The molecule has 5 nitrogen and oxygen atoms in total. The molecule has 1 aromatic heterocycles. The molecule has 1 aliphatic rings. The van der Waals surface area contributed by atoms with Crippen molar-refractivity contribution in [1.82, 2.24) is 9.97 Å². The third-order valence-corrected chi connectivity index (χ3v) is 3.76. The summed E-state index contributed by atoms with van der Waals surface area (Å²) < 4.78 is 5.19. The first-order chi connectivity index (χ1) is 10.2. The maximum atomic E-state index is 9.40. The summed E-state index contributed by atoms with van der Waals surface area (Å²) in [6, 6.07) is 9.89. The van der Waals surface area contributed by atoms with Crippen molar-refractivity contribution < 1.29 is 9.84 Å². The maximum absolute atomic E-state index is 9.40. The minimum atomic E-state index is -0.127. The van der Waals surface area contributed by atoms with E-state index < -0.39 is 0 Å². The van der Waals surface area contributed by atoms with E-state index in [9.17, 15) is 5.11 Å². The van der Waals surface area contributed by atoms with Gasteiger partial charge in [-0.1, -0.05) is 0 Å². The van der Waals surface area contributed by atoms with E-state index >= 15 is 0 Å². The van der Waals surface area contributed by atoms with Crippen LogP contribution in [-0.4, -0.2) is 41.4 Å². The van der Waals surface area contributed by atoms with Gasteiger partial charge < -0.3 is 15.2 Å². The van der Waals surface area contributed by atoms with Gasteiger partial charge in [0.1, 0.15) is 0 Å². The Balaban J connectivity index is 1.67. The molecule has 3 rings (SSSR count). The quantitative estimate of drug-likeness (QED) is 0.878. The van der Waals surface area contributed by atoms with E-state index in [1.807, 2.05) is 37.3 Å². The van der Waals surface area contributed by atoms with Crippen molar-refractivity contribution in [3.05, 3.63) is 42.2 Å². The molecule has 110 valence electrons. The first kappa shape index (κ1) is 14.0. The normalized spacial score (nSPS) is 16.3. The van der Waals surface area contributed by atoms with E-state index in [2.05, 4.69) is 15.3 Å². The van der Waals surface area contributed by atoms with Crippen molar-refractivity contribution in [2.24, 2.45) is 5.41 Å². The largest absolute Gasteiger partial charge is 0.396 e. The average Bonchev–Trinajstić information content (AvgIpc) is 2.47. The molecule has 0 bridgehead atoms. The van der Waals surface area contributed by atoms with Crippen molar-refractivity contribution in [2.75, 3.05) is 31.7 Å². The van der Waals surface area contributed by atoms with Crippen molar-refractivity contribution in [3.8, 4) is 11.4 Å². The molecular weight excluding hydrogens is 266 g/mol. The molecule has 1 saturated heterocycles. The summed E-state index contributed by atoms with van der Waals surface area (Å²) in [5.41, 5.74) is 2.84. The lowest BCUT2D eigenvalue weighted by Crippen LogP contribution is -2.50. The van der Waals surface area contributed by atoms with E-state index in [0.717, 1.165) is 22.8 Å². The van der Waals surface area contributed by atoms with Gasteiger partial charge in [-0.25, -0.2) is 9.97 Å². The van der Waals surface area contributed by atoms with Gasteiger partial charge in [-0.05, 0) is 37.3 Å². The van der Waals surface area contributed by atoms with Gasteiger partial charge in [-0.2, -0.15) is 0 Å². The number of benzene rings is 1. The van der Waals surface area contributed by atoms with Crippen LogP contribution in [0.15, 0.2) is 36.5 Å². The molecule has 0 aliphatic carbocycles. The van der Waals surface area contributed by atoms with Crippen molar-refractivity contribution in [1.29, 1.82) is 0 Å². The van der Waals surface area contributed by atoms with Crippen molar-refractivity contribution >= 4 is 5.69 Å². The van der Waals surface area contributed by atoms with Crippen LogP contribution in [0.25, 0.3) is 11.4 Å². The van der Waals surface area contributed by atoms with Crippen LogP contribution in [0.3, 0.4) is 0 Å². The van der Waals surface area contributed by atoms with Crippen molar-refractivity contribution in [3.63, 3.8) is 0 Å². The van der Waals surface area contributed by atoms with E-state index in [1.54, 1.807) is 6.20 Å². The Morgan fingerprint density at radius 2 is 2.00 bits per heavy atom. The first-order valence-electron chi connectivity index (χ1n) is 7.03. The fraction of sp³-hybridized carbons (Fsp3) is 0.375. The highest BCUT2D eigenvalue weighted by Gasteiger charge is 2.37. The summed E-state index contributed by atoms with van der Waals surface area (Å²) in [6.45, 7) is 4.05. The Morgan fingerprint density at radius 1 is 1.24 bits per heavy atom. The highest BCUT2D eigenvalue weighted by molar-refractivity contribution is 5.59. The molecule has 5 heteroatoms. The predicted octanol–water partition coefficient (Wildman–Crippen LogP) is 1.87. The molecule has 0 radical (unpaired) electrons. The SMILES string of the molecule is Cc1ccnc(-c2ccc(NCC3(CO)COC3)cc2)n1. The van der Waals surface area contributed by atoms with Crippen LogP contribution in [0.4, 0.5) is 5.69 Å². The Morgan fingerprint density at radius 3 is 2.57 bits per heavy atom. The molecular formula is C16H19N3O2. The fourth-order valence-electron chi connectivity index (χ4n) is 2.25. The molecule has 0 amide bonds. The van der Waals surface area contributed by atoms with Crippen molar-refractivity contribution in [2.45, 2.75) is 6.92 Å². The second-order valence-electron chi connectivity index (χ2n) is 5.60. The number of nitrogens with one attached hydrogen (secondary N) is 1. The van der Waals surface area contributed by atoms with Crippen LogP contribution < -0.4 is 5.32 Å². The first-order valence-corrected chi connectivity index (χ1v) is 7.03. The standard InChI is InChI=1S/C16H19N3O2/c1-12-6-7-17-15(19-12)13-2-4-14(5-3-13)18-8-16(9-20)10-21-11-16/h2-7,18,20H,8-11H2,1H3. The number of hydrogen-bond acceptors (Lipinski definition) is 5. The summed E-state index contributed by atoms with van der Waals surface area (Å²) in [5.74, 6) is 0.737. The number of ether oxygens (including phenoxy) is 1. The zero-order chi connectivity index (χ0) is 14.7. The summed E-state index contributed by atoms with van der Waals surface area (Å²) in [4.78, 5) is 8.69. The minimum Gasteiger partial charge on any atom is -0.396 e. The molecule has 1 aliphatic heterocycles. The number of aromatic nitrogens is 2. The summed E-state index contributed by atoms with van der Waals surface area (Å²) in [7, 11) is 0. The average molecular weight is 285 g/mol. The van der Waals surface area contributed by atoms with Gasteiger partial charge in [0.05, 0.1) is 25.2 Å². The Bertz CT molecular complexity index is 604. The lowest BCUT2D eigenvalue weighted by atomic mass is 9.87. The number of nitrogens with zero attached hydrogens (tertiary/aromatic N) is 2. The monoisotopic (exact) mass is 285 g/mol.